The van der Waals surface area contributed by atoms with Gasteiger partial charge in [0.25, 0.3) is 0 Å². The van der Waals surface area contributed by atoms with Gasteiger partial charge in [-0.05, 0) is 30.0 Å². The Kier molecular flexibility index (Phi) is 3.43. The predicted octanol–water partition coefficient (Wildman–Crippen LogP) is 2.90. The van der Waals surface area contributed by atoms with E-state index in [0.717, 1.165) is 27.7 Å². The first kappa shape index (κ1) is 15.8. The van der Waals surface area contributed by atoms with E-state index in [-0.39, 0.29) is 11.9 Å². The highest BCUT2D eigenvalue weighted by molar-refractivity contribution is 7.08. The van der Waals surface area contributed by atoms with Gasteiger partial charge in [0.1, 0.15) is 5.69 Å². The molecule has 0 spiro atoms. The van der Waals surface area contributed by atoms with E-state index in [1.54, 1.807) is 18.4 Å². The third-order valence-corrected chi connectivity index (χ3v) is 5.58. The molecule has 3 aromatic rings. The number of hydrogen-bond donors (Lipinski definition) is 2. The maximum absolute atomic E-state index is 12.2. The van der Waals surface area contributed by atoms with Gasteiger partial charge in [-0.25, -0.2) is 0 Å². The van der Waals surface area contributed by atoms with Crippen molar-refractivity contribution in [2.75, 3.05) is 7.05 Å². The molecule has 128 valence electrons. The van der Waals surface area contributed by atoms with Gasteiger partial charge in [-0.2, -0.15) is 16.4 Å². The van der Waals surface area contributed by atoms with Gasteiger partial charge in [0, 0.05) is 30.4 Å². The van der Waals surface area contributed by atoms with E-state index >= 15 is 0 Å². The van der Waals surface area contributed by atoms with Gasteiger partial charge in [0.05, 0.1) is 17.5 Å². The van der Waals surface area contributed by atoms with Gasteiger partial charge in [-0.1, -0.05) is 12.1 Å². The molecule has 3 heterocycles. The van der Waals surface area contributed by atoms with Crippen LogP contribution in [0.2, 0.25) is 0 Å². The van der Waals surface area contributed by atoms with E-state index < -0.39 is 5.54 Å². The summed E-state index contributed by atoms with van der Waals surface area (Å²) in [5.74, 6) is 0.0677. The third-order valence-electron chi connectivity index (χ3n) is 4.89. The van der Waals surface area contributed by atoms with Crippen LogP contribution in [0.1, 0.15) is 18.9 Å². The van der Waals surface area contributed by atoms with Crippen LogP contribution in [-0.4, -0.2) is 33.6 Å². The Labute approximate surface area is 149 Å². The zero-order valence-corrected chi connectivity index (χ0v) is 15.1. The number of amides is 1. The Morgan fingerprint density at radius 3 is 2.80 bits per heavy atom. The lowest BCUT2D eigenvalue weighted by molar-refractivity contribution is -0.129. The minimum absolute atomic E-state index is 0.0599. The van der Waals surface area contributed by atoms with E-state index in [2.05, 4.69) is 34.0 Å². The minimum atomic E-state index is -0.596. The number of carbonyl (C=O) groups is 1. The summed E-state index contributed by atoms with van der Waals surface area (Å²) in [5, 5.41) is 21.1. The number of benzene rings is 1. The maximum atomic E-state index is 12.2. The average molecular weight is 353 g/mol. The lowest BCUT2D eigenvalue weighted by Gasteiger charge is -2.39. The van der Waals surface area contributed by atoms with Gasteiger partial charge < -0.3 is 5.32 Å². The number of rotatable bonds is 2. The molecule has 1 aliphatic heterocycles. The highest BCUT2D eigenvalue weighted by Crippen LogP contribution is 2.34. The molecule has 7 heteroatoms. The van der Waals surface area contributed by atoms with Crippen LogP contribution in [0, 0.1) is 5.41 Å². The molecule has 0 aliphatic carbocycles. The van der Waals surface area contributed by atoms with Crippen LogP contribution < -0.4 is 5.32 Å². The van der Waals surface area contributed by atoms with Crippen molar-refractivity contribution < 1.29 is 4.79 Å². The van der Waals surface area contributed by atoms with Gasteiger partial charge >= 0.3 is 0 Å². The Hall–Kier alpha value is -2.67. The highest BCUT2D eigenvalue weighted by atomic mass is 32.1. The van der Waals surface area contributed by atoms with E-state index in [1.165, 1.54) is 4.90 Å². The van der Waals surface area contributed by atoms with Crippen molar-refractivity contribution in [2.24, 2.45) is 7.05 Å². The molecule has 1 aromatic carbocycles. The number of nitrogens with one attached hydrogen (secondary N) is 2. The van der Waals surface area contributed by atoms with Crippen LogP contribution in [0.5, 0.6) is 0 Å². The number of aromatic nitrogens is 2. The number of aryl methyl sites for hydroxylation is 1. The second kappa shape index (κ2) is 5.42. The van der Waals surface area contributed by atoms with E-state index in [4.69, 9.17) is 5.41 Å². The quantitative estimate of drug-likeness (QED) is 0.744. The molecule has 2 N–H and O–H groups in total. The van der Waals surface area contributed by atoms with Crippen LogP contribution in [-0.2, 0) is 17.4 Å². The lowest BCUT2D eigenvalue weighted by atomic mass is 9.86. The topological polar surface area (TPSA) is 74.0 Å². The molecule has 25 heavy (non-hydrogen) atoms. The molecular formula is C18H19N5OS. The Balaban J connectivity index is 1.81. The minimum Gasteiger partial charge on any atom is -0.346 e. The van der Waals surface area contributed by atoms with Crippen molar-refractivity contribution in [3.05, 3.63) is 40.6 Å². The molecule has 4 rings (SSSR count). The SMILES string of the molecule is CN1C(=N)N[C@](C)(c2ccc3c(-c4ccsc4)nn(C)c3c2)CC1=O. The molecule has 1 saturated heterocycles. The highest BCUT2D eigenvalue weighted by Gasteiger charge is 2.38. The zero-order valence-electron chi connectivity index (χ0n) is 14.3. The van der Waals surface area contributed by atoms with Crippen molar-refractivity contribution in [3.63, 3.8) is 0 Å². The van der Waals surface area contributed by atoms with Crippen molar-refractivity contribution >= 4 is 34.1 Å². The molecule has 2 aromatic heterocycles. The Bertz CT molecular complexity index is 970. The fourth-order valence-corrected chi connectivity index (χ4v) is 3.96. The molecule has 0 unspecified atom stereocenters. The number of carbonyl (C=O) groups excluding carboxylic acids is 1. The summed E-state index contributed by atoms with van der Waals surface area (Å²) in [6.07, 6.45) is 0.312. The number of thiophene rings is 1. The van der Waals surface area contributed by atoms with Crippen molar-refractivity contribution in [1.82, 2.24) is 20.0 Å². The van der Waals surface area contributed by atoms with Crippen molar-refractivity contribution in [1.29, 1.82) is 5.41 Å². The maximum Gasteiger partial charge on any atom is 0.231 e. The molecule has 0 bridgehead atoms. The normalized spacial score (nSPS) is 21.0. The first-order valence-electron chi connectivity index (χ1n) is 8.02. The Morgan fingerprint density at radius 1 is 1.32 bits per heavy atom. The monoisotopic (exact) mass is 353 g/mol. The molecule has 1 fully saturated rings. The summed E-state index contributed by atoms with van der Waals surface area (Å²) in [6, 6.07) is 8.22. The Morgan fingerprint density at radius 2 is 2.12 bits per heavy atom. The van der Waals surface area contributed by atoms with Crippen LogP contribution in [0.15, 0.2) is 35.0 Å². The summed E-state index contributed by atoms with van der Waals surface area (Å²) >= 11 is 1.65. The largest absolute Gasteiger partial charge is 0.346 e. The summed E-state index contributed by atoms with van der Waals surface area (Å²) in [6.45, 7) is 1.96. The fraction of sp³-hybridized carbons (Fsp3) is 0.278. The standard InChI is InChI=1S/C18H19N5OS/c1-18(9-15(24)22(2)17(19)20-18)12-4-5-13-14(8-12)23(3)21-16(13)11-6-7-25-10-11/h4-8,10H,9H2,1-3H3,(H2,19,20)/t18-/m0/s1. The lowest BCUT2D eigenvalue weighted by Crippen LogP contribution is -2.58. The fourth-order valence-electron chi connectivity index (χ4n) is 3.32. The van der Waals surface area contributed by atoms with Gasteiger partial charge in [0.15, 0.2) is 5.96 Å². The van der Waals surface area contributed by atoms with Gasteiger partial charge in [-0.15, -0.1) is 0 Å². The van der Waals surface area contributed by atoms with E-state index in [1.807, 2.05) is 30.1 Å². The van der Waals surface area contributed by atoms with Crippen molar-refractivity contribution in [3.8, 4) is 11.3 Å². The first-order chi connectivity index (χ1) is 11.9. The molecular weight excluding hydrogens is 334 g/mol. The third kappa shape index (κ3) is 2.42. The second-order valence-electron chi connectivity index (χ2n) is 6.65. The second-order valence-corrected chi connectivity index (χ2v) is 7.43. The molecule has 6 nitrogen and oxygen atoms in total. The van der Waals surface area contributed by atoms with E-state index in [9.17, 15) is 4.79 Å². The van der Waals surface area contributed by atoms with Gasteiger partial charge in [-0.3, -0.25) is 19.8 Å². The first-order valence-corrected chi connectivity index (χ1v) is 8.96. The van der Waals surface area contributed by atoms with Gasteiger partial charge in [0.2, 0.25) is 5.91 Å². The van der Waals surface area contributed by atoms with Crippen LogP contribution in [0.4, 0.5) is 0 Å². The average Bonchev–Trinajstić information content (AvgIpc) is 3.20. The molecule has 1 aliphatic rings. The zero-order chi connectivity index (χ0) is 17.8. The molecule has 1 amide bonds. The van der Waals surface area contributed by atoms with Crippen LogP contribution in [0.25, 0.3) is 22.2 Å². The predicted molar refractivity (Wildman–Crippen MR) is 99.6 cm³/mol. The summed E-state index contributed by atoms with van der Waals surface area (Å²) in [4.78, 5) is 13.6. The summed E-state index contributed by atoms with van der Waals surface area (Å²) in [5.41, 5.74) is 3.48. The number of hydrogen-bond acceptors (Lipinski definition) is 4. The summed E-state index contributed by atoms with van der Waals surface area (Å²) < 4.78 is 1.87. The van der Waals surface area contributed by atoms with Crippen LogP contribution >= 0.6 is 11.3 Å². The number of fused-ring (bicyclic) bond motifs is 1. The van der Waals surface area contributed by atoms with Crippen molar-refractivity contribution in [2.45, 2.75) is 18.9 Å². The summed E-state index contributed by atoms with van der Waals surface area (Å²) in [7, 11) is 3.55. The molecule has 1 atom stereocenters. The molecule has 0 radical (unpaired) electrons. The van der Waals surface area contributed by atoms with Crippen LogP contribution in [0.3, 0.4) is 0 Å². The molecule has 0 saturated carbocycles. The smallest absolute Gasteiger partial charge is 0.231 e. The number of guanidine groups is 1. The number of nitrogens with zero attached hydrogens (tertiary/aromatic N) is 3. The van der Waals surface area contributed by atoms with E-state index in [0.29, 0.717) is 6.42 Å².